The lowest BCUT2D eigenvalue weighted by Crippen LogP contribution is -2.65. The highest BCUT2D eigenvalue weighted by molar-refractivity contribution is 7.99. The summed E-state index contributed by atoms with van der Waals surface area (Å²) in [5, 5.41) is 11.8. The first-order valence-corrected chi connectivity index (χ1v) is 13.5. The summed E-state index contributed by atoms with van der Waals surface area (Å²) in [7, 11) is 0. The molecule has 1 saturated heterocycles. The number of carbonyl (C=O) groups is 4. The number of esters is 3. The summed E-state index contributed by atoms with van der Waals surface area (Å²) in [5.74, 6) is -1.10. The number of carbonyl (C=O) groups excluding carboxylic acids is 4. The first-order valence-electron chi connectivity index (χ1n) is 12.7. The van der Waals surface area contributed by atoms with Crippen molar-refractivity contribution >= 4 is 35.6 Å². The summed E-state index contributed by atoms with van der Waals surface area (Å²) in [5.41, 5.74) is 0.208. The van der Waals surface area contributed by atoms with Gasteiger partial charge in [0.15, 0.2) is 23.2 Å². The van der Waals surface area contributed by atoms with Crippen LogP contribution in [0.1, 0.15) is 46.0 Å². The van der Waals surface area contributed by atoms with E-state index in [-0.39, 0.29) is 13.2 Å². The second-order valence-electron chi connectivity index (χ2n) is 9.08. The van der Waals surface area contributed by atoms with Crippen LogP contribution in [0.25, 0.3) is 0 Å². The summed E-state index contributed by atoms with van der Waals surface area (Å²) in [4.78, 5) is 47.8. The molecular weight excluding hydrogens is 544 g/mol. The number of benzene rings is 1. The number of ether oxygens (including phenoxy) is 5. The Morgan fingerprint density at radius 1 is 0.975 bits per heavy atom. The highest BCUT2D eigenvalue weighted by Gasteiger charge is 2.51. The number of hydrogen-bond acceptors (Lipinski definition) is 12. The zero-order chi connectivity index (χ0) is 29.4. The van der Waals surface area contributed by atoms with E-state index in [1.165, 1.54) is 27.7 Å². The van der Waals surface area contributed by atoms with E-state index >= 15 is 0 Å². The van der Waals surface area contributed by atoms with E-state index in [0.717, 1.165) is 17.3 Å². The number of aromatic nitrogens is 3. The van der Waals surface area contributed by atoms with Gasteiger partial charge in [0.25, 0.3) is 0 Å². The Morgan fingerprint density at radius 3 is 2.20 bits per heavy atom. The van der Waals surface area contributed by atoms with Crippen molar-refractivity contribution in [3.05, 3.63) is 35.7 Å². The van der Waals surface area contributed by atoms with Crippen molar-refractivity contribution in [2.24, 2.45) is 0 Å². The third-order valence-corrected chi connectivity index (χ3v) is 6.94. The molecule has 40 heavy (non-hydrogen) atoms. The number of amides is 1. The second kappa shape index (κ2) is 14.1. The normalized spacial score (nSPS) is 22.2. The van der Waals surface area contributed by atoms with Gasteiger partial charge in [0.1, 0.15) is 36.5 Å². The number of nitrogens with one attached hydrogen (secondary N) is 1. The van der Waals surface area contributed by atoms with Crippen LogP contribution in [0, 0.1) is 6.92 Å². The Bertz CT molecular complexity index is 1200. The Morgan fingerprint density at radius 2 is 1.62 bits per heavy atom. The lowest BCUT2D eigenvalue weighted by atomic mass is 9.97. The molecule has 1 fully saturated rings. The molecule has 1 amide bonds. The third kappa shape index (κ3) is 8.42. The number of rotatable bonds is 11. The summed E-state index contributed by atoms with van der Waals surface area (Å²) in [6.45, 7) is 9.18. The molecule has 1 aromatic carbocycles. The van der Waals surface area contributed by atoms with Crippen molar-refractivity contribution in [1.82, 2.24) is 20.1 Å². The second-order valence-corrected chi connectivity index (χ2v) is 10.1. The topological polar surface area (TPSA) is 157 Å². The molecule has 1 aromatic heterocycles. The SMILES string of the molecule is CCn1c(COc2ccc(C)cc2)nnc1S[C@@H]1O[C@H](COC(C)=O)[C@H](OC(C)=O)[C@H](OC(C)=O)[C@H]1NC(C)=O. The van der Waals surface area contributed by atoms with Crippen molar-refractivity contribution in [2.45, 2.75) is 89.6 Å². The molecule has 5 atom stereocenters. The fourth-order valence-corrected chi connectivity index (χ4v) is 5.33. The molecule has 1 aliphatic rings. The minimum atomic E-state index is -1.17. The van der Waals surface area contributed by atoms with Gasteiger partial charge >= 0.3 is 17.9 Å². The van der Waals surface area contributed by atoms with Crippen LogP contribution >= 0.6 is 11.8 Å². The molecular formula is C26H34N4O9S. The monoisotopic (exact) mass is 578 g/mol. The fourth-order valence-electron chi connectivity index (χ4n) is 4.11. The van der Waals surface area contributed by atoms with Gasteiger partial charge in [0.2, 0.25) is 5.91 Å². The fraction of sp³-hybridized carbons (Fsp3) is 0.538. The molecule has 14 heteroatoms. The van der Waals surface area contributed by atoms with Gasteiger partial charge in [-0.25, -0.2) is 0 Å². The van der Waals surface area contributed by atoms with E-state index in [9.17, 15) is 19.2 Å². The number of aryl methyl sites for hydroxylation is 1. The molecule has 0 bridgehead atoms. The maximum atomic E-state index is 12.2. The van der Waals surface area contributed by atoms with Crippen LogP contribution in [0.3, 0.4) is 0 Å². The van der Waals surface area contributed by atoms with Crippen molar-refractivity contribution in [3.63, 3.8) is 0 Å². The summed E-state index contributed by atoms with van der Waals surface area (Å²) in [6.07, 6.45) is -3.33. The molecule has 0 saturated carbocycles. The van der Waals surface area contributed by atoms with Crippen LogP contribution in [-0.2, 0) is 51.3 Å². The predicted molar refractivity (Wildman–Crippen MR) is 141 cm³/mol. The van der Waals surface area contributed by atoms with E-state index in [2.05, 4.69) is 15.5 Å². The van der Waals surface area contributed by atoms with Crippen LogP contribution in [-0.4, -0.2) is 75.0 Å². The van der Waals surface area contributed by atoms with Crippen molar-refractivity contribution < 1.29 is 42.9 Å². The third-order valence-electron chi connectivity index (χ3n) is 5.79. The van der Waals surface area contributed by atoms with Crippen molar-refractivity contribution in [2.75, 3.05) is 6.61 Å². The van der Waals surface area contributed by atoms with Gasteiger partial charge in [-0.2, -0.15) is 0 Å². The molecule has 0 unspecified atom stereocenters. The van der Waals surface area contributed by atoms with Crippen LogP contribution < -0.4 is 10.1 Å². The molecule has 0 spiro atoms. The quantitative estimate of drug-likeness (QED) is 0.306. The van der Waals surface area contributed by atoms with E-state index in [4.69, 9.17) is 23.7 Å². The minimum absolute atomic E-state index is 0.158. The number of nitrogens with zero attached hydrogens (tertiary/aromatic N) is 3. The van der Waals surface area contributed by atoms with Gasteiger partial charge in [-0.3, -0.25) is 19.2 Å². The van der Waals surface area contributed by atoms with Gasteiger partial charge in [-0.1, -0.05) is 29.5 Å². The molecule has 218 valence electrons. The Kier molecular flexibility index (Phi) is 10.9. The largest absolute Gasteiger partial charge is 0.486 e. The minimum Gasteiger partial charge on any atom is -0.486 e. The van der Waals surface area contributed by atoms with Crippen molar-refractivity contribution in [3.8, 4) is 5.75 Å². The van der Waals surface area contributed by atoms with E-state index in [1.54, 1.807) is 0 Å². The zero-order valence-corrected chi connectivity index (χ0v) is 24.1. The lowest BCUT2D eigenvalue weighted by molar-refractivity contribution is -0.211. The Labute approximate surface area is 236 Å². The number of thioether (sulfide) groups is 1. The van der Waals surface area contributed by atoms with E-state index < -0.39 is 53.6 Å². The average molecular weight is 579 g/mol. The van der Waals surface area contributed by atoms with Crippen LogP contribution in [0.4, 0.5) is 0 Å². The summed E-state index contributed by atoms with van der Waals surface area (Å²) in [6, 6.07) is 6.66. The number of hydrogen-bond donors (Lipinski definition) is 1. The maximum absolute atomic E-state index is 12.2. The lowest BCUT2D eigenvalue weighted by Gasteiger charge is -2.44. The molecule has 0 aliphatic carbocycles. The Hall–Kier alpha value is -3.65. The van der Waals surface area contributed by atoms with Crippen LogP contribution in [0.5, 0.6) is 5.75 Å². The summed E-state index contributed by atoms with van der Waals surface area (Å²) < 4.78 is 30.1. The van der Waals surface area contributed by atoms with E-state index in [1.807, 2.05) is 42.7 Å². The standard InChI is InChI=1S/C26H34N4O9S/c1-7-30-21(13-36-19-10-8-14(2)9-11-19)28-29-26(30)40-25-22(27-15(3)31)24(38-18(6)34)23(37-17(5)33)20(39-25)12-35-16(4)32/h8-11,20,22-25H,7,12-13H2,1-6H3,(H,27,31)/t20-,22-,23+,24-,25+/m1/s1. The van der Waals surface area contributed by atoms with Crippen molar-refractivity contribution in [1.29, 1.82) is 0 Å². The molecule has 0 radical (unpaired) electrons. The van der Waals surface area contributed by atoms with Crippen LogP contribution in [0.2, 0.25) is 0 Å². The Balaban J connectivity index is 1.92. The highest BCUT2D eigenvalue weighted by Crippen LogP contribution is 2.36. The highest BCUT2D eigenvalue weighted by atomic mass is 32.2. The smallest absolute Gasteiger partial charge is 0.303 e. The van der Waals surface area contributed by atoms with Gasteiger partial charge < -0.3 is 33.6 Å². The molecule has 2 heterocycles. The van der Waals surface area contributed by atoms with Gasteiger partial charge in [-0.05, 0) is 26.0 Å². The molecule has 1 aliphatic heterocycles. The first kappa shape index (κ1) is 30.9. The van der Waals surface area contributed by atoms with E-state index in [0.29, 0.717) is 23.3 Å². The van der Waals surface area contributed by atoms with Gasteiger partial charge in [0, 0.05) is 34.2 Å². The van der Waals surface area contributed by atoms with Gasteiger partial charge in [-0.15, -0.1) is 10.2 Å². The molecule has 13 nitrogen and oxygen atoms in total. The van der Waals surface area contributed by atoms with Crippen LogP contribution in [0.15, 0.2) is 29.4 Å². The average Bonchev–Trinajstić information content (AvgIpc) is 3.26. The zero-order valence-electron chi connectivity index (χ0n) is 23.2. The summed E-state index contributed by atoms with van der Waals surface area (Å²) >= 11 is 1.12. The first-order chi connectivity index (χ1) is 19.0. The predicted octanol–water partition coefficient (Wildman–Crippen LogP) is 1.93. The maximum Gasteiger partial charge on any atom is 0.303 e. The molecule has 1 N–H and O–H groups in total. The molecule has 2 aromatic rings. The molecule has 3 rings (SSSR count). The van der Waals surface area contributed by atoms with Gasteiger partial charge in [0.05, 0.1) is 0 Å².